The van der Waals surface area contributed by atoms with Crippen LogP contribution in [0.4, 0.5) is 0 Å². The van der Waals surface area contributed by atoms with Crippen molar-refractivity contribution in [3.63, 3.8) is 0 Å². The molecule has 19 heavy (non-hydrogen) atoms. The van der Waals surface area contributed by atoms with E-state index in [1.165, 1.54) is 10.4 Å². The van der Waals surface area contributed by atoms with E-state index >= 15 is 0 Å². The van der Waals surface area contributed by atoms with Crippen molar-refractivity contribution < 1.29 is 4.74 Å². The summed E-state index contributed by atoms with van der Waals surface area (Å²) in [5.74, 6) is 0.924. The molecule has 0 fully saturated rings. The van der Waals surface area contributed by atoms with Crippen LogP contribution in [0.2, 0.25) is 0 Å². The van der Waals surface area contributed by atoms with Crippen LogP contribution in [0.5, 0.6) is 5.75 Å². The maximum absolute atomic E-state index is 5.81. The van der Waals surface area contributed by atoms with Crippen LogP contribution in [-0.2, 0) is 13.2 Å². The zero-order chi connectivity index (χ0) is 13.7. The molecule has 2 nitrogen and oxygen atoms in total. The average Bonchev–Trinajstić information content (AvgIpc) is 2.80. The van der Waals surface area contributed by atoms with Gasteiger partial charge in [0.2, 0.25) is 0 Å². The Morgan fingerprint density at radius 3 is 2.79 bits per heavy atom. The predicted octanol–water partition coefficient (Wildman–Crippen LogP) is 4.59. The normalized spacial score (nSPS) is 10.9. The second kappa shape index (κ2) is 7.08. The van der Waals surface area contributed by atoms with Crippen LogP contribution in [-0.4, -0.2) is 6.04 Å². The Labute approximate surface area is 126 Å². The summed E-state index contributed by atoms with van der Waals surface area (Å²) in [6.45, 7) is 5.79. The molecule has 0 aliphatic heterocycles. The van der Waals surface area contributed by atoms with Crippen molar-refractivity contribution in [3.05, 3.63) is 50.6 Å². The van der Waals surface area contributed by atoms with Crippen LogP contribution in [0, 0.1) is 0 Å². The third-order valence-electron chi connectivity index (χ3n) is 2.62. The second-order valence-electron chi connectivity index (χ2n) is 4.68. The molecule has 0 saturated carbocycles. The average molecular weight is 340 g/mol. The fraction of sp³-hybridized carbons (Fsp3) is 0.333. The molecule has 1 N–H and O–H groups in total. The van der Waals surface area contributed by atoms with Gasteiger partial charge in [0.25, 0.3) is 0 Å². The van der Waals surface area contributed by atoms with E-state index in [-0.39, 0.29) is 0 Å². The van der Waals surface area contributed by atoms with Crippen molar-refractivity contribution in [2.24, 2.45) is 0 Å². The lowest BCUT2D eigenvalue weighted by Crippen LogP contribution is -2.21. The van der Waals surface area contributed by atoms with E-state index in [0.717, 1.165) is 16.1 Å². The minimum absolute atomic E-state index is 0.494. The molecule has 0 aliphatic rings. The van der Waals surface area contributed by atoms with Crippen LogP contribution >= 0.6 is 27.3 Å². The first-order valence-electron chi connectivity index (χ1n) is 6.33. The zero-order valence-electron chi connectivity index (χ0n) is 11.2. The van der Waals surface area contributed by atoms with E-state index in [2.05, 4.69) is 53.3 Å². The summed E-state index contributed by atoms with van der Waals surface area (Å²) in [6, 6.07) is 12.9. The van der Waals surface area contributed by atoms with Crippen LogP contribution in [0.1, 0.15) is 24.3 Å². The molecule has 4 heteroatoms. The highest BCUT2D eigenvalue weighted by molar-refractivity contribution is 9.11. The Morgan fingerprint density at radius 2 is 2.11 bits per heavy atom. The van der Waals surface area contributed by atoms with Gasteiger partial charge in [0.15, 0.2) is 0 Å². The van der Waals surface area contributed by atoms with Gasteiger partial charge in [0.1, 0.15) is 12.4 Å². The Bertz CT molecular complexity index is 524. The molecule has 0 atom stereocenters. The first-order valence-corrected chi connectivity index (χ1v) is 7.94. The van der Waals surface area contributed by atoms with Gasteiger partial charge in [0.05, 0.1) is 3.79 Å². The summed E-state index contributed by atoms with van der Waals surface area (Å²) < 4.78 is 6.95. The minimum atomic E-state index is 0.494. The highest BCUT2D eigenvalue weighted by atomic mass is 79.9. The Hall–Kier alpha value is -0.840. The lowest BCUT2D eigenvalue weighted by atomic mass is 10.2. The fourth-order valence-electron chi connectivity index (χ4n) is 1.65. The Kier molecular flexibility index (Phi) is 5.43. The van der Waals surface area contributed by atoms with Crippen LogP contribution in [0.25, 0.3) is 0 Å². The summed E-state index contributed by atoms with van der Waals surface area (Å²) in [5.41, 5.74) is 1.25. The number of hydrogen-bond acceptors (Lipinski definition) is 3. The second-order valence-corrected chi connectivity index (χ2v) is 7.23. The largest absolute Gasteiger partial charge is 0.488 e. The molecule has 0 bridgehead atoms. The number of halogens is 1. The quantitative estimate of drug-likeness (QED) is 0.831. The number of nitrogens with one attached hydrogen (secondary N) is 1. The van der Waals surface area contributed by atoms with Gasteiger partial charge < -0.3 is 10.1 Å². The van der Waals surface area contributed by atoms with E-state index in [1.807, 2.05) is 18.2 Å². The highest BCUT2D eigenvalue weighted by Crippen LogP contribution is 2.23. The maximum atomic E-state index is 5.81. The summed E-state index contributed by atoms with van der Waals surface area (Å²) >= 11 is 5.16. The first kappa shape index (κ1) is 14.6. The van der Waals surface area contributed by atoms with Crippen LogP contribution in [0.15, 0.2) is 40.2 Å². The Morgan fingerprint density at radius 1 is 1.26 bits per heavy atom. The van der Waals surface area contributed by atoms with E-state index in [9.17, 15) is 0 Å². The van der Waals surface area contributed by atoms with Gasteiger partial charge in [-0.25, -0.2) is 0 Å². The molecule has 1 aromatic carbocycles. The number of hydrogen-bond donors (Lipinski definition) is 1. The lowest BCUT2D eigenvalue weighted by Gasteiger charge is -2.10. The minimum Gasteiger partial charge on any atom is -0.488 e. The van der Waals surface area contributed by atoms with Crippen LogP contribution < -0.4 is 10.1 Å². The molecular weight excluding hydrogens is 322 g/mol. The molecule has 0 spiro atoms. The highest BCUT2D eigenvalue weighted by Gasteiger charge is 2.01. The molecule has 0 unspecified atom stereocenters. The van der Waals surface area contributed by atoms with Crippen molar-refractivity contribution in [3.8, 4) is 5.75 Å². The van der Waals surface area contributed by atoms with Gasteiger partial charge in [-0.2, -0.15) is 0 Å². The van der Waals surface area contributed by atoms with Crippen LogP contribution in [0.3, 0.4) is 0 Å². The maximum Gasteiger partial charge on any atom is 0.122 e. The molecule has 0 aliphatic carbocycles. The monoisotopic (exact) mass is 339 g/mol. The van der Waals surface area contributed by atoms with Crippen molar-refractivity contribution in [2.75, 3.05) is 0 Å². The zero-order valence-corrected chi connectivity index (χ0v) is 13.6. The number of ether oxygens (including phenoxy) is 1. The molecule has 0 radical (unpaired) electrons. The van der Waals surface area contributed by atoms with Gasteiger partial charge in [-0.05, 0) is 45.8 Å². The van der Waals surface area contributed by atoms with E-state index < -0.39 is 0 Å². The Balaban J connectivity index is 1.91. The fourth-order valence-corrected chi connectivity index (χ4v) is 3.05. The van der Waals surface area contributed by atoms with E-state index in [4.69, 9.17) is 4.74 Å². The SMILES string of the molecule is CC(C)NCc1cccc(OCc2ccc(Br)s2)c1. The van der Waals surface area contributed by atoms with Crippen molar-refractivity contribution in [1.29, 1.82) is 0 Å². The lowest BCUT2D eigenvalue weighted by molar-refractivity contribution is 0.309. The molecule has 2 aromatic rings. The van der Waals surface area contributed by atoms with Gasteiger partial charge in [-0.1, -0.05) is 26.0 Å². The number of benzene rings is 1. The van der Waals surface area contributed by atoms with Crippen molar-refractivity contribution in [2.45, 2.75) is 33.0 Å². The summed E-state index contributed by atoms with van der Waals surface area (Å²) in [4.78, 5) is 1.22. The van der Waals surface area contributed by atoms with E-state index in [0.29, 0.717) is 12.6 Å². The molecule has 102 valence electrons. The molecule has 1 aromatic heterocycles. The summed E-state index contributed by atoms with van der Waals surface area (Å²) in [6.07, 6.45) is 0. The third-order valence-corrected chi connectivity index (χ3v) is 4.22. The number of rotatable bonds is 6. The first-order chi connectivity index (χ1) is 9.13. The molecular formula is C15H18BrNOS. The van der Waals surface area contributed by atoms with E-state index in [1.54, 1.807) is 11.3 Å². The predicted molar refractivity (Wildman–Crippen MR) is 84.8 cm³/mol. The summed E-state index contributed by atoms with van der Waals surface area (Å²) in [5, 5.41) is 3.41. The van der Waals surface area contributed by atoms with Crippen molar-refractivity contribution in [1.82, 2.24) is 5.32 Å². The van der Waals surface area contributed by atoms with Gasteiger partial charge >= 0.3 is 0 Å². The molecule has 2 rings (SSSR count). The van der Waals surface area contributed by atoms with Gasteiger partial charge in [-0.3, -0.25) is 0 Å². The van der Waals surface area contributed by atoms with Crippen molar-refractivity contribution >= 4 is 27.3 Å². The molecule has 0 amide bonds. The summed E-state index contributed by atoms with van der Waals surface area (Å²) in [7, 11) is 0. The van der Waals surface area contributed by atoms with Gasteiger partial charge in [0, 0.05) is 17.5 Å². The van der Waals surface area contributed by atoms with Gasteiger partial charge in [-0.15, -0.1) is 11.3 Å². The standard InChI is InChI=1S/C15H18BrNOS/c1-11(2)17-9-12-4-3-5-13(8-12)18-10-14-6-7-15(16)19-14/h3-8,11,17H,9-10H2,1-2H3. The number of thiophene rings is 1. The molecule has 0 saturated heterocycles. The third kappa shape index (κ3) is 4.97. The molecule has 1 heterocycles. The topological polar surface area (TPSA) is 21.3 Å². The smallest absolute Gasteiger partial charge is 0.122 e.